The van der Waals surface area contributed by atoms with Gasteiger partial charge in [-0.1, -0.05) is 0 Å². The zero-order chi connectivity index (χ0) is 12.7. The van der Waals surface area contributed by atoms with E-state index in [0.29, 0.717) is 17.1 Å². The molecule has 1 aromatic rings. The summed E-state index contributed by atoms with van der Waals surface area (Å²) >= 11 is 1.80. The SMILES string of the molecule is COC(=O)c1cc(NCCCSC)ncc1N. The molecule has 0 bridgehead atoms. The number of aromatic nitrogens is 1. The maximum Gasteiger partial charge on any atom is 0.340 e. The fourth-order valence-corrected chi connectivity index (χ4v) is 1.72. The van der Waals surface area contributed by atoms with E-state index >= 15 is 0 Å². The molecule has 1 heterocycles. The topological polar surface area (TPSA) is 77.2 Å². The molecule has 1 rings (SSSR count). The number of anilines is 2. The number of ether oxygens (including phenoxy) is 1. The zero-order valence-electron chi connectivity index (χ0n) is 10.0. The lowest BCUT2D eigenvalue weighted by molar-refractivity contribution is 0.0602. The largest absolute Gasteiger partial charge is 0.465 e. The number of thioether (sulfide) groups is 1. The van der Waals surface area contributed by atoms with Gasteiger partial charge in [0.2, 0.25) is 0 Å². The van der Waals surface area contributed by atoms with Crippen LogP contribution in [0.5, 0.6) is 0 Å². The van der Waals surface area contributed by atoms with E-state index in [1.807, 2.05) is 0 Å². The number of nitrogens with one attached hydrogen (secondary N) is 1. The van der Waals surface area contributed by atoms with Crippen LogP contribution < -0.4 is 11.1 Å². The molecule has 5 nitrogen and oxygen atoms in total. The van der Waals surface area contributed by atoms with Gasteiger partial charge in [0, 0.05) is 6.54 Å². The van der Waals surface area contributed by atoms with Crippen molar-refractivity contribution in [3.05, 3.63) is 17.8 Å². The summed E-state index contributed by atoms with van der Waals surface area (Å²) in [5.74, 6) is 1.28. The summed E-state index contributed by atoms with van der Waals surface area (Å²) in [6, 6.07) is 1.61. The van der Waals surface area contributed by atoms with Crippen LogP contribution in [0, 0.1) is 0 Å². The molecule has 0 fully saturated rings. The number of nitrogens with two attached hydrogens (primary N) is 1. The lowest BCUT2D eigenvalue weighted by Crippen LogP contribution is -2.09. The molecule has 6 heteroatoms. The molecule has 0 atom stereocenters. The van der Waals surface area contributed by atoms with Gasteiger partial charge in [0.25, 0.3) is 0 Å². The Balaban J connectivity index is 2.65. The van der Waals surface area contributed by atoms with Crippen LogP contribution in [0.4, 0.5) is 11.5 Å². The number of hydrogen-bond donors (Lipinski definition) is 2. The van der Waals surface area contributed by atoms with E-state index in [4.69, 9.17) is 5.73 Å². The lowest BCUT2D eigenvalue weighted by atomic mass is 10.2. The molecule has 0 aliphatic rings. The van der Waals surface area contributed by atoms with E-state index in [1.165, 1.54) is 13.3 Å². The molecule has 0 aromatic carbocycles. The number of pyridine rings is 1. The van der Waals surface area contributed by atoms with Crippen LogP contribution in [0.15, 0.2) is 12.3 Å². The molecule has 0 aliphatic heterocycles. The summed E-state index contributed by atoms with van der Waals surface area (Å²) in [6.07, 6.45) is 4.57. The predicted molar refractivity (Wildman–Crippen MR) is 71.5 cm³/mol. The third-order valence-corrected chi connectivity index (χ3v) is 2.87. The van der Waals surface area contributed by atoms with Gasteiger partial charge in [-0.05, 0) is 24.5 Å². The zero-order valence-corrected chi connectivity index (χ0v) is 10.8. The highest BCUT2D eigenvalue weighted by atomic mass is 32.2. The maximum atomic E-state index is 11.4. The van der Waals surface area contributed by atoms with Crippen LogP contribution in [0.3, 0.4) is 0 Å². The molecule has 0 amide bonds. The number of esters is 1. The molecule has 1 aromatic heterocycles. The second-order valence-corrected chi connectivity index (χ2v) is 4.41. The van der Waals surface area contributed by atoms with Crippen LogP contribution in [0.1, 0.15) is 16.8 Å². The Morgan fingerprint density at radius 1 is 1.65 bits per heavy atom. The quantitative estimate of drug-likeness (QED) is 0.594. The van der Waals surface area contributed by atoms with Crippen LogP contribution >= 0.6 is 11.8 Å². The average Bonchev–Trinajstić information content (AvgIpc) is 2.35. The van der Waals surface area contributed by atoms with Crippen molar-refractivity contribution in [1.82, 2.24) is 4.98 Å². The molecule has 0 aliphatic carbocycles. The number of nitrogen functional groups attached to an aromatic ring is 1. The van der Waals surface area contributed by atoms with Gasteiger partial charge in [0.1, 0.15) is 5.82 Å². The van der Waals surface area contributed by atoms with Crippen LogP contribution in [-0.4, -0.2) is 36.6 Å². The summed E-state index contributed by atoms with van der Waals surface area (Å²) in [7, 11) is 1.33. The fraction of sp³-hybridized carbons (Fsp3) is 0.455. The highest BCUT2D eigenvalue weighted by molar-refractivity contribution is 7.98. The number of hydrogen-bond acceptors (Lipinski definition) is 6. The number of nitrogens with zero attached hydrogens (tertiary/aromatic N) is 1. The van der Waals surface area contributed by atoms with E-state index < -0.39 is 5.97 Å². The predicted octanol–water partition coefficient (Wildman–Crippen LogP) is 1.62. The molecular formula is C11H17N3O2S. The summed E-state index contributed by atoms with van der Waals surface area (Å²) in [6.45, 7) is 0.818. The first-order chi connectivity index (χ1) is 8.19. The van der Waals surface area contributed by atoms with Crippen LogP contribution in [0.25, 0.3) is 0 Å². The first-order valence-electron chi connectivity index (χ1n) is 5.25. The Bertz CT molecular complexity index is 385. The van der Waals surface area contributed by atoms with E-state index in [1.54, 1.807) is 17.8 Å². The third kappa shape index (κ3) is 4.14. The number of carbonyl (C=O) groups is 1. The molecule has 3 N–H and O–H groups in total. The highest BCUT2D eigenvalue weighted by Gasteiger charge is 2.11. The lowest BCUT2D eigenvalue weighted by Gasteiger charge is -2.08. The first kappa shape index (κ1) is 13.6. The van der Waals surface area contributed by atoms with Crippen LogP contribution in [0.2, 0.25) is 0 Å². The van der Waals surface area contributed by atoms with Crippen molar-refractivity contribution >= 4 is 29.2 Å². The molecule has 0 unspecified atom stereocenters. The van der Waals surface area contributed by atoms with Crippen molar-refractivity contribution in [2.45, 2.75) is 6.42 Å². The molecule has 0 saturated heterocycles. The minimum Gasteiger partial charge on any atom is -0.465 e. The number of rotatable bonds is 6. The van der Waals surface area contributed by atoms with Crippen molar-refractivity contribution in [1.29, 1.82) is 0 Å². The van der Waals surface area contributed by atoms with E-state index in [2.05, 4.69) is 21.3 Å². The van der Waals surface area contributed by atoms with Crippen molar-refractivity contribution in [2.24, 2.45) is 0 Å². The molecule has 17 heavy (non-hydrogen) atoms. The van der Waals surface area contributed by atoms with E-state index in [-0.39, 0.29) is 0 Å². The Hall–Kier alpha value is -1.43. The molecule has 0 spiro atoms. The Morgan fingerprint density at radius 2 is 2.41 bits per heavy atom. The minimum absolute atomic E-state index is 0.325. The van der Waals surface area contributed by atoms with Gasteiger partial charge in [-0.15, -0.1) is 0 Å². The molecule has 0 radical (unpaired) electrons. The van der Waals surface area contributed by atoms with Crippen molar-refractivity contribution in [3.63, 3.8) is 0 Å². The molecule has 0 saturated carbocycles. The number of carbonyl (C=O) groups excluding carboxylic acids is 1. The standard InChI is InChI=1S/C11H17N3O2S/c1-16-11(15)8-6-10(14-7-9(8)12)13-4-3-5-17-2/h6-7H,3-5,12H2,1-2H3,(H,13,14). The first-order valence-corrected chi connectivity index (χ1v) is 6.65. The van der Waals surface area contributed by atoms with Gasteiger partial charge in [-0.3, -0.25) is 0 Å². The monoisotopic (exact) mass is 255 g/mol. The van der Waals surface area contributed by atoms with Gasteiger partial charge in [-0.2, -0.15) is 11.8 Å². The highest BCUT2D eigenvalue weighted by Crippen LogP contribution is 2.15. The summed E-state index contributed by atoms with van der Waals surface area (Å²) < 4.78 is 4.64. The van der Waals surface area contributed by atoms with Gasteiger partial charge >= 0.3 is 5.97 Å². The third-order valence-electron chi connectivity index (χ3n) is 2.17. The fourth-order valence-electron chi connectivity index (χ4n) is 1.28. The number of methoxy groups -OCH3 is 1. The summed E-state index contributed by atoms with van der Waals surface area (Å²) in [5.41, 5.74) is 6.32. The van der Waals surface area contributed by atoms with Gasteiger partial charge < -0.3 is 15.8 Å². The second-order valence-electron chi connectivity index (χ2n) is 3.42. The van der Waals surface area contributed by atoms with Crippen LogP contribution in [-0.2, 0) is 4.74 Å². The average molecular weight is 255 g/mol. The van der Waals surface area contributed by atoms with Gasteiger partial charge in [0.15, 0.2) is 0 Å². The maximum absolute atomic E-state index is 11.4. The van der Waals surface area contributed by atoms with Crippen molar-refractivity contribution in [2.75, 3.05) is 36.7 Å². The van der Waals surface area contributed by atoms with Gasteiger partial charge in [-0.25, -0.2) is 9.78 Å². The summed E-state index contributed by atoms with van der Waals surface area (Å²) in [5, 5.41) is 3.14. The van der Waals surface area contributed by atoms with Crippen molar-refractivity contribution < 1.29 is 9.53 Å². The Kier molecular flexibility index (Phi) is 5.62. The minimum atomic E-state index is -0.447. The smallest absolute Gasteiger partial charge is 0.340 e. The Morgan fingerprint density at radius 3 is 3.06 bits per heavy atom. The normalized spacial score (nSPS) is 10.0. The summed E-state index contributed by atoms with van der Waals surface area (Å²) in [4.78, 5) is 15.5. The molecular weight excluding hydrogens is 238 g/mol. The van der Waals surface area contributed by atoms with E-state index in [9.17, 15) is 4.79 Å². The molecule has 94 valence electrons. The van der Waals surface area contributed by atoms with E-state index in [0.717, 1.165) is 18.7 Å². The van der Waals surface area contributed by atoms with Crippen molar-refractivity contribution in [3.8, 4) is 0 Å². The van der Waals surface area contributed by atoms with Gasteiger partial charge in [0.05, 0.1) is 24.6 Å². The second kappa shape index (κ2) is 7.01. The Labute approximate surface area is 105 Å².